The lowest BCUT2D eigenvalue weighted by atomic mass is 10.1. The number of thiophene rings is 2. The van der Waals surface area contributed by atoms with Crippen LogP contribution in [0.15, 0.2) is 22.9 Å². The third kappa shape index (κ3) is 2.18. The van der Waals surface area contributed by atoms with E-state index in [-0.39, 0.29) is 6.04 Å². The topological polar surface area (TPSA) is 12.0 Å². The Hall–Kier alpha value is -0.350. The van der Waals surface area contributed by atoms with Crippen molar-refractivity contribution in [2.24, 2.45) is 0 Å². The summed E-state index contributed by atoms with van der Waals surface area (Å²) in [6.45, 7) is 2.19. The number of hydrogen-bond donors (Lipinski definition) is 1. The van der Waals surface area contributed by atoms with E-state index in [1.807, 2.05) is 18.5 Å². The van der Waals surface area contributed by atoms with Crippen molar-refractivity contribution in [3.8, 4) is 0 Å². The summed E-state index contributed by atoms with van der Waals surface area (Å²) in [7, 11) is 1.99. The van der Waals surface area contributed by atoms with Gasteiger partial charge in [-0.05, 0) is 41.9 Å². The fourth-order valence-corrected chi connectivity index (χ4v) is 4.26. The van der Waals surface area contributed by atoms with Gasteiger partial charge in [-0.1, -0.05) is 18.5 Å². The molecule has 1 atom stereocenters. The predicted octanol–water partition coefficient (Wildman–Crippen LogP) is 4.33. The lowest BCUT2D eigenvalue weighted by molar-refractivity contribution is 0.709. The Labute approximate surface area is 109 Å². The summed E-state index contributed by atoms with van der Waals surface area (Å²) in [6.07, 6.45) is 1.07. The van der Waals surface area contributed by atoms with E-state index in [0.29, 0.717) is 0 Å². The molecule has 16 heavy (non-hydrogen) atoms. The van der Waals surface area contributed by atoms with Crippen molar-refractivity contribution >= 4 is 34.3 Å². The minimum atomic E-state index is 0.238. The van der Waals surface area contributed by atoms with Crippen LogP contribution >= 0.6 is 34.3 Å². The second kappa shape index (κ2) is 5.32. The van der Waals surface area contributed by atoms with E-state index in [0.717, 1.165) is 11.4 Å². The summed E-state index contributed by atoms with van der Waals surface area (Å²) < 4.78 is 0. The van der Waals surface area contributed by atoms with Crippen LogP contribution in [0.1, 0.15) is 28.3 Å². The summed E-state index contributed by atoms with van der Waals surface area (Å²) in [5, 5.41) is 8.42. The lowest BCUT2D eigenvalue weighted by Crippen LogP contribution is -2.16. The molecule has 0 radical (unpaired) electrons. The van der Waals surface area contributed by atoms with Crippen molar-refractivity contribution in [1.82, 2.24) is 5.32 Å². The molecule has 0 saturated carbocycles. The molecule has 0 spiro atoms. The maximum absolute atomic E-state index is 6.20. The number of halogens is 1. The Morgan fingerprint density at radius 2 is 1.94 bits per heavy atom. The molecule has 0 aliphatic rings. The van der Waals surface area contributed by atoms with Crippen LogP contribution in [0.3, 0.4) is 0 Å². The number of aryl methyl sites for hydroxylation is 1. The van der Waals surface area contributed by atoms with Gasteiger partial charge in [0.05, 0.1) is 11.1 Å². The van der Waals surface area contributed by atoms with Gasteiger partial charge in [0, 0.05) is 9.75 Å². The van der Waals surface area contributed by atoms with Crippen molar-refractivity contribution < 1.29 is 0 Å². The van der Waals surface area contributed by atoms with Crippen molar-refractivity contribution in [2.45, 2.75) is 19.4 Å². The molecule has 2 rings (SSSR count). The summed E-state index contributed by atoms with van der Waals surface area (Å²) in [5.74, 6) is 0. The number of nitrogens with one attached hydrogen (secondary N) is 1. The highest BCUT2D eigenvalue weighted by molar-refractivity contribution is 7.12. The fourth-order valence-electron chi connectivity index (χ4n) is 1.79. The highest BCUT2D eigenvalue weighted by Gasteiger charge is 2.19. The Kier molecular flexibility index (Phi) is 4.03. The molecular formula is C12H14ClNS2. The first-order valence-electron chi connectivity index (χ1n) is 5.24. The minimum absolute atomic E-state index is 0.238. The molecule has 86 valence electrons. The molecule has 0 saturated heterocycles. The van der Waals surface area contributed by atoms with Gasteiger partial charge in [-0.25, -0.2) is 0 Å². The lowest BCUT2D eigenvalue weighted by Gasteiger charge is -2.15. The molecule has 2 aromatic heterocycles. The predicted molar refractivity (Wildman–Crippen MR) is 73.9 cm³/mol. The standard InChI is InChI=1S/C12H14ClNS2/c1-3-8-4-6-15-11(8)10(14-2)12-9(13)5-7-16-12/h4-7,10,14H,3H2,1-2H3. The quantitative estimate of drug-likeness (QED) is 0.873. The highest BCUT2D eigenvalue weighted by Crippen LogP contribution is 2.36. The van der Waals surface area contributed by atoms with Gasteiger partial charge >= 0.3 is 0 Å². The van der Waals surface area contributed by atoms with E-state index in [1.54, 1.807) is 22.7 Å². The maximum Gasteiger partial charge on any atom is 0.0780 e. The average molecular weight is 272 g/mol. The monoisotopic (exact) mass is 271 g/mol. The Morgan fingerprint density at radius 3 is 2.50 bits per heavy atom. The van der Waals surface area contributed by atoms with Crippen LogP contribution in [0.2, 0.25) is 5.02 Å². The van der Waals surface area contributed by atoms with Crippen LogP contribution in [0.4, 0.5) is 0 Å². The van der Waals surface area contributed by atoms with Crippen LogP contribution in [-0.2, 0) is 6.42 Å². The zero-order valence-corrected chi connectivity index (χ0v) is 11.7. The summed E-state index contributed by atoms with van der Waals surface area (Å²) in [5.41, 5.74) is 1.41. The van der Waals surface area contributed by atoms with Gasteiger partial charge in [0.2, 0.25) is 0 Å². The Morgan fingerprint density at radius 1 is 1.25 bits per heavy atom. The third-order valence-electron chi connectivity index (χ3n) is 2.62. The SMILES string of the molecule is CCc1ccsc1C(NC)c1sccc1Cl. The zero-order chi connectivity index (χ0) is 11.5. The largest absolute Gasteiger partial charge is 0.308 e. The van der Waals surface area contributed by atoms with E-state index in [9.17, 15) is 0 Å². The van der Waals surface area contributed by atoms with Crippen LogP contribution in [0.25, 0.3) is 0 Å². The molecule has 1 nitrogen and oxygen atoms in total. The molecule has 0 fully saturated rings. The van der Waals surface area contributed by atoms with Crippen LogP contribution in [-0.4, -0.2) is 7.05 Å². The first-order valence-corrected chi connectivity index (χ1v) is 7.38. The van der Waals surface area contributed by atoms with Crippen molar-refractivity contribution in [1.29, 1.82) is 0 Å². The Bertz CT molecular complexity index is 461. The van der Waals surface area contributed by atoms with E-state index in [2.05, 4.69) is 23.7 Å². The maximum atomic E-state index is 6.20. The third-order valence-corrected chi connectivity index (χ3v) is 5.07. The molecule has 2 aromatic rings. The number of rotatable bonds is 4. The van der Waals surface area contributed by atoms with Gasteiger partial charge < -0.3 is 5.32 Å². The summed E-state index contributed by atoms with van der Waals surface area (Å²) in [4.78, 5) is 2.59. The van der Waals surface area contributed by atoms with E-state index in [4.69, 9.17) is 11.6 Å². The van der Waals surface area contributed by atoms with E-state index >= 15 is 0 Å². The smallest absolute Gasteiger partial charge is 0.0780 e. The first kappa shape index (κ1) is 12.1. The molecule has 0 aromatic carbocycles. The first-order chi connectivity index (χ1) is 7.77. The van der Waals surface area contributed by atoms with E-state index < -0.39 is 0 Å². The molecule has 0 aliphatic carbocycles. The van der Waals surface area contributed by atoms with Crippen LogP contribution in [0.5, 0.6) is 0 Å². The second-order valence-corrected chi connectivity index (χ2v) is 5.82. The molecule has 2 heterocycles. The van der Waals surface area contributed by atoms with E-state index in [1.165, 1.54) is 15.3 Å². The minimum Gasteiger partial charge on any atom is -0.308 e. The molecule has 0 aliphatic heterocycles. The highest BCUT2D eigenvalue weighted by atomic mass is 35.5. The van der Waals surface area contributed by atoms with Gasteiger partial charge in [0.1, 0.15) is 0 Å². The molecule has 0 amide bonds. The summed E-state index contributed by atoms with van der Waals surface area (Å²) >= 11 is 9.71. The van der Waals surface area contributed by atoms with Gasteiger partial charge in [0.25, 0.3) is 0 Å². The van der Waals surface area contributed by atoms with Crippen molar-refractivity contribution in [3.63, 3.8) is 0 Å². The van der Waals surface area contributed by atoms with Crippen LogP contribution < -0.4 is 5.32 Å². The van der Waals surface area contributed by atoms with Crippen molar-refractivity contribution in [2.75, 3.05) is 7.05 Å². The van der Waals surface area contributed by atoms with Gasteiger partial charge in [-0.2, -0.15) is 0 Å². The molecule has 0 bridgehead atoms. The Balaban J connectivity index is 2.40. The fraction of sp³-hybridized carbons (Fsp3) is 0.333. The normalized spacial score (nSPS) is 12.9. The molecule has 1 unspecified atom stereocenters. The average Bonchev–Trinajstić information content (AvgIpc) is 2.90. The molecule has 4 heteroatoms. The van der Waals surface area contributed by atoms with Gasteiger partial charge in [0.15, 0.2) is 0 Å². The number of hydrogen-bond acceptors (Lipinski definition) is 3. The molecular weight excluding hydrogens is 258 g/mol. The molecule has 1 N–H and O–H groups in total. The van der Waals surface area contributed by atoms with Gasteiger partial charge in [-0.3, -0.25) is 0 Å². The zero-order valence-electron chi connectivity index (χ0n) is 9.29. The second-order valence-electron chi connectivity index (χ2n) is 3.52. The van der Waals surface area contributed by atoms with Crippen molar-refractivity contribution in [3.05, 3.63) is 43.2 Å². The van der Waals surface area contributed by atoms with Crippen LogP contribution in [0, 0.1) is 0 Å². The van der Waals surface area contributed by atoms with Gasteiger partial charge in [-0.15, -0.1) is 22.7 Å². The summed E-state index contributed by atoms with van der Waals surface area (Å²) in [6, 6.07) is 4.40.